The smallest absolute Gasteiger partial charge is 0.227 e. The normalized spacial score (nSPS) is 19.4. The topological polar surface area (TPSA) is 37.4 Å². The lowest BCUT2D eigenvalue weighted by molar-refractivity contribution is -0.117. The summed E-state index contributed by atoms with van der Waals surface area (Å²) in [5, 5.41) is 0.476. The van der Waals surface area contributed by atoms with Crippen LogP contribution in [0.5, 0.6) is 0 Å². The van der Waals surface area contributed by atoms with E-state index in [9.17, 15) is 9.59 Å². The van der Waals surface area contributed by atoms with Crippen molar-refractivity contribution in [2.45, 2.75) is 13.3 Å². The van der Waals surface area contributed by atoms with Gasteiger partial charge in [-0.1, -0.05) is 11.6 Å². The van der Waals surface area contributed by atoms with Crippen molar-refractivity contribution >= 4 is 40.6 Å². The van der Waals surface area contributed by atoms with Crippen molar-refractivity contribution in [3.8, 4) is 0 Å². The third-order valence-corrected chi connectivity index (χ3v) is 3.82. The summed E-state index contributed by atoms with van der Waals surface area (Å²) in [6.07, 6.45) is 0.435. The summed E-state index contributed by atoms with van der Waals surface area (Å²) in [6, 6.07) is 4.97. The van der Waals surface area contributed by atoms with E-state index in [2.05, 4.69) is 0 Å². The first-order valence-corrected chi connectivity index (χ1v) is 6.61. The summed E-state index contributed by atoms with van der Waals surface area (Å²) >= 11 is 11.9. The molecule has 0 aromatic heterocycles. The van der Waals surface area contributed by atoms with Crippen molar-refractivity contribution in [2.24, 2.45) is 5.92 Å². The molecule has 1 atom stereocenters. The predicted octanol–water partition coefficient (Wildman–Crippen LogP) is 3.13. The fraction of sp³-hybridized carbons (Fsp3) is 0.385. The van der Waals surface area contributed by atoms with Gasteiger partial charge in [-0.15, -0.1) is 11.6 Å². The van der Waals surface area contributed by atoms with Gasteiger partial charge in [0.05, 0.1) is 10.7 Å². The second kappa shape index (κ2) is 5.29. The molecule has 1 unspecified atom stereocenters. The highest BCUT2D eigenvalue weighted by Crippen LogP contribution is 2.32. The fourth-order valence-electron chi connectivity index (χ4n) is 2.06. The lowest BCUT2D eigenvalue weighted by Crippen LogP contribution is -2.25. The molecule has 18 heavy (non-hydrogen) atoms. The van der Waals surface area contributed by atoms with Crippen LogP contribution in [0.1, 0.15) is 23.7 Å². The monoisotopic (exact) mass is 285 g/mol. The molecule has 0 saturated carbocycles. The zero-order valence-electron chi connectivity index (χ0n) is 9.95. The molecule has 1 aliphatic heterocycles. The van der Waals surface area contributed by atoms with Crippen molar-refractivity contribution in [3.63, 3.8) is 0 Å². The number of alkyl halides is 1. The molecule has 0 bridgehead atoms. The number of hydrogen-bond donors (Lipinski definition) is 0. The van der Waals surface area contributed by atoms with Gasteiger partial charge in [-0.3, -0.25) is 9.59 Å². The number of ketones is 1. The molecule has 3 nitrogen and oxygen atoms in total. The Bertz CT molecular complexity index is 502. The van der Waals surface area contributed by atoms with Crippen LogP contribution in [0, 0.1) is 5.92 Å². The number of carbonyl (C=O) groups is 2. The summed E-state index contributed by atoms with van der Waals surface area (Å²) in [7, 11) is 0. The molecule has 1 fully saturated rings. The Labute approximate surface area is 116 Å². The molecule has 1 heterocycles. The van der Waals surface area contributed by atoms with E-state index in [-0.39, 0.29) is 17.6 Å². The highest BCUT2D eigenvalue weighted by Gasteiger charge is 2.31. The average Bonchev–Trinajstić information content (AvgIpc) is 2.71. The van der Waals surface area contributed by atoms with Gasteiger partial charge in [0.25, 0.3) is 0 Å². The van der Waals surface area contributed by atoms with E-state index in [0.717, 1.165) is 0 Å². The molecule has 96 valence electrons. The van der Waals surface area contributed by atoms with Gasteiger partial charge in [0, 0.05) is 24.4 Å². The number of anilines is 1. The lowest BCUT2D eigenvalue weighted by Gasteiger charge is -2.18. The number of rotatable bonds is 3. The van der Waals surface area contributed by atoms with E-state index in [0.29, 0.717) is 35.1 Å². The Morgan fingerprint density at radius 3 is 2.78 bits per heavy atom. The van der Waals surface area contributed by atoms with Gasteiger partial charge in [-0.05, 0) is 31.0 Å². The lowest BCUT2D eigenvalue weighted by atomic mass is 10.1. The highest BCUT2D eigenvalue weighted by atomic mass is 35.5. The van der Waals surface area contributed by atoms with Gasteiger partial charge in [0.1, 0.15) is 0 Å². The molecule has 0 aliphatic carbocycles. The van der Waals surface area contributed by atoms with Crippen molar-refractivity contribution in [1.82, 2.24) is 0 Å². The van der Waals surface area contributed by atoms with Crippen LogP contribution in [0.3, 0.4) is 0 Å². The van der Waals surface area contributed by atoms with Gasteiger partial charge in [0.2, 0.25) is 5.91 Å². The van der Waals surface area contributed by atoms with Crippen LogP contribution in [0.25, 0.3) is 0 Å². The second-order valence-corrected chi connectivity index (χ2v) is 5.17. The first-order chi connectivity index (χ1) is 8.52. The minimum absolute atomic E-state index is 0.00301. The maximum Gasteiger partial charge on any atom is 0.227 e. The summed E-state index contributed by atoms with van der Waals surface area (Å²) < 4.78 is 0. The van der Waals surface area contributed by atoms with Crippen molar-refractivity contribution < 1.29 is 9.59 Å². The predicted molar refractivity (Wildman–Crippen MR) is 72.6 cm³/mol. The molecule has 1 aromatic carbocycles. The first kappa shape index (κ1) is 13.4. The first-order valence-electron chi connectivity index (χ1n) is 5.69. The zero-order valence-corrected chi connectivity index (χ0v) is 11.5. The van der Waals surface area contributed by atoms with Gasteiger partial charge in [0.15, 0.2) is 5.78 Å². The van der Waals surface area contributed by atoms with Crippen molar-refractivity contribution in [1.29, 1.82) is 0 Å². The average molecular weight is 286 g/mol. The van der Waals surface area contributed by atoms with Crippen LogP contribution < -0.4 is 4.90 Å². The molecule has 1 aliphatic rings. The molecule has 5 heteroatoms. The van der Waals surface area contributed by atoms with Crippen LogP contribution in [0.4, 0.5) is 5.69 Å². The summed E-state index contributed by atoms with van der Waals surface area (Å²) in [5.74, 6) is 0.555. The van der Waals surface area contributed by atoms with Crippen LogP contribution in [-0.4, -0.2) is 24.1 Å². The molecule has 1 aromatic rings. The van der Waals surface area contributed by atoms with E-state index in [1.807, 2.05) is 0 Å². The summed E-state index contributed by atoms with van der Waals surface area (Å²) in [6.45, 7) is 2.05. The largest absolute Gasteiger partial charge is 0.311 e. The van der Waals surface area contributed by atoms with Crippen molar-refractivity contribution in [2.75, 3.05) is 17.3 Å². The van der Waals surface area contributed by atoms with E-state index in [1.54, 1.807) is 23.1 Å². The molecule has 1 saturated heterocycles. The number of benzene rings is 1. The standard InChI is InChI=1S/C13H13Cl2NO2/c1-8(17)10-2-3-11(15)12(5-10)16-7-9(6-14)4-13(16)18/h2-3,5,9H,4,6-7H2,1H3. The minimum atomic E-state index is -0.0477. The van der Waals surface area contributed by atoms with Crippen molar-refractivity contribution in [3.05, 3.63) is 28.8 Å². The Balaban J connectivity index is 2.35. The van der Waals surface area contributed by atoms with E-state index in [4.69, 9.17) is 23.2 Å². The van der Waals surface area contributed by atoms with Gasteiger partial charge < -0.3 is 4.90 Å². The van der Waals surface area contributed by atoms with Crippen LogP contribution in [0.15, 0.2) is 18.2 Å². The van der Waals surface area contributed by atoms with Crippen LogP contribution >= 0.6 is 23.2 Å². The Kier molecular flexibility index (Phi) is 3.93. The fourth-order valence-corrected chi connectivity index (χ4v) is 2.48. The Morgan fingerprint density at radius 1 is 1.50 bits per heavy atom. The van der Waals surface area contributed by atoms with E-state index in [1.165, 1.54) is 6.92 Å². The molecular weight excluding hydrogens is 273 g/mol. The molecule has 0 N–H and O–H groups in total. The minimum Gasteiger partial charge on any atom is -0.311 e. The number of Topliss-reactive ketones (excluding diaryl/α,β-unsaturated/α-hetero) is 1. The SMILES string of the molecule is CC(=O)c1ccc(Cl)c(N2CC(CCl)CC2=O)c1. The quantitative estimate of drug-likeness (QED) is 0.632. The molecular formula is C13H13Cl2NO2. The van der Waals surface area contributed by atoms with Gasteiger partial charge in [-0.25, -0.2) is 0 Å². The number of nitrogens with zero attached hydrogens (tertiary/aromatic N) is 1. The van der Waals surface area contributed by atoms with Gasteiger partial charge >= 0.3 is 0 Å². The highest BCUT2D eigenvalue weighted by molar-refractivity contribution is 6.34. The molecule has 0 radical (unpaired) electrons. The summed E-state index contributed by atoms with van der Waals surface area (Å²) in [4.78, 5) is 24.9. The molecule has 2 rings (SSSR count). The zero-order chi connectivity index (χ0) is 13.3. The maximum atomic E-state index is 11.9. The third kappa shape index (κ3) is 2.52. The Morgan fingerprint density at radius 2 is 2.22 bits per heavy atom. The Hall–Kier alpha value is -1.06. The van der Waals surface area contributed by atoms with E-state index >= 15 is 0 Å². The van der Waals surface area contributed by atoms with Crippen LogP contribution in [0.2, 0.25) is 5.02 Å². The van der Waals surface area contributed by atoms with Gasteiger partial charge in [-0.2, -0.15) is 0 Å². The van der Waals surface area contributed by atoms with E-state index < -0.39 is 0 Å². The maximum absolute atomic E-state index is 11.9. The molecule has 0 spiro atoms. The third-order valence-electron chi connectivity index (χ3n) is 3.07. The number of hydrogen-bond acceptors (Lipinski definition) is 2. The molecule has 1 amide bonds. The number of halogens is 2. The number of amides is 1. The summed E-state index contributed by atoms with van der Waals surface area (Å²) in [5.41, 5.74) is 1.15. The second-order valence-electron chi connectivity index (χ2n) is 4.45. The van der Waals surface area contributed by atoms with Crippen LogP contribution in [-0.2, 0) is 4.79 Å². The number of carbonyl (C=O) groups excluding carboxylic acids is 2.